The number of fused-ring (bicyclic) bond motifs is 1. The van der Waals surface area contributed by atoms with Gasteiger partial charge < -0.3 is 14.3 Å². The Labute approximate surface area is 146 Å². The van der Waals surface area contributed by atoms with Gasteiger partial charge in [-0.3, -0.25) is 4.99 Å². The van der Waals surface area contributed by atoms with E-state index in [1.807, 2.05) is 36.4 Å². The van der Waals surface area contributed by atoms with Crippen molar-refractivity contribution in [3.05, 3.63) is 88.9 Å². The lowest BCUT2D eigenvalue weighted by molar-refractivity contribution is 0.246. The van der Waals surface area contributed by atoms with E-state index in [9.17, 15) is 5.11 Å². The summed E-state index contributed by atoms with van der Waals surface area (Å²) in [6, 6.07) is 20.0. The van der Waals surface area contributed by atoms with E-state index in [4.69, 9.17) is 14.1 Å². The molecule has 3 aromatic rings. The van der Waals surface area contributed by atoms with Crippen LogP contribution in [-0.2, 0) is 13.0 Å². The molecule has 0 aliphatic carbocycles. The molecule has 0 spiro atoms. The number of hydrogen-bond donors (Lipinski definition) is 1. The molecule has 1 aromatic heterocycles. The summed E-state index contributed by atoms with van der Waals surface area (Å²) < 4.78 is 11.0. The molecule has 1 unspecified atom stereocenters. The van der Waals surface area contributed by atoms with Crippen LogP contribution in [0.3, 0.4) is 0 Å². The van der Waals surface area contributed by atoms with Gasteiger partial charge in [-0.15, -0.1) is 0 Å². The Kier molecular flexibility index (Phi) is 4.12. The number of benzene rings is 2. The van der Waals surface area contributed by atoms with E-state index in [1.54, 1.807) is 13.2 Å². The highest BCUT2D eigenvalue weighted by atomic mass is 16.5. The van der Waals surface area contributed by atoms with E-state index in [0.29, 0.717) is 11.5 Å². The first kappa shape index (κ1) is 15.7. The number of ether oxygens (including phenoxy) is 1. The van der Waals surface area contributed by atoms with E-state index >= 15 is 0 Å². The number of methoxy groups -OCH3 is 1. The SMILES string of the molecule is COc1cccc(CC2N=C(c3ccc(CO)o3)c3ccccc32)c1. The van der Waals surface area contributed by atoms with Crippen molar-refractivity contribution in [1.29, 1.82) is 0 Å². The Morgan fingerprint density at radius 1 is 1.08 bits per heavy atom. The van der Waals surface area contributed by atoms with Gasteiger partial charge in [-0.2, -0.15) is 0 Å². The topological polar surface area (TPSA) is 55.0 Å². The van der Waals surface area contributed by atoms with Gasteiger partial charge in [0.15, 0.2) is 5.76 Å². The molecule has 4 rings (SSSR count). The van der Waals surface area contributed by atoms with E-state index < -0.39 is 0 Å². The van der Waals surface area contributed by atoms with Crippen LogP contribution in [0.2, 0.25) is 0 Å². The van der Waals surface area contributed by atoms with Gasteiger partial charge in [0.25, 0.3) is 0 Å². The highest BCUT2D eigenvalue weighted by Gasteiger charge is 2.27. The van der Waals surface area contributed by atoms with Crippen LogP contribution in [0.4, 0.5) is 0 Å². The number of aliphatic hydroxyl groups excluding tert-OH is 1. The van der Waals surface area contributed by atoms with Gasteiger partial charge in [0.05, 0.1) is 13.2 Å². The lowest BCUT2D eigenvalue weighted by Crippen LogP contribution is -1.99. The van der Waals surface area contributed by atoms with Gasteiger partial charge in [-0.05, 0) is 41.8 Å². The molecule has 0 saturated carbocycles. The summed E-state index contributed by atoms with van der Waals surface area (Å²) in [7, 11) is 1.68. The van der Waals surface area contributed by atoms with Crippen molar-refractivity contribution in [3.8, 4) is 5.75 Å². The van der Waals surface area contributed by atoms with Crippen LogP contribution in [0.1, 0.15) is 34.3 Å². The third-order valence-corrected chi connectivity index (χ3v) is 4.47. The zero-order chi connectivity index (χ0) is 17.2. The smallest absolute Gasteiger partial charge is 0.152 e. The van der Waals surface area contributed by atoms with Gasteiger partial charge in [-0.1, -0.05) is 36.4 Å². The van der Waals surface area contributed by atoms with Crippen molar-refractivity contribution >= 4 is 5.71 Å². The van der Waals surface area contributed by atoms with E-state index in [1.165, 1.54) is 11.1 Å². The molecule has 1 aliphatic heterocycles. The summed E-state index contributed by atoms with van der Waals surface area (Å²) >= 11 is 0. The minimum Gasteiger partial charge on any atom is -0.497 e. The maximum Gasteiger partial charge on any atom is 0.152 e. The Balaban J connectivity index is 1.70. The molecular formula is C21H19NO3. The third-order valence-electron chi connectivity index (χ3n) is 4.47. The predicted molar refractivity (Wildman–Crippen MR) is 96.2 cm³/mol. The second kappa shape index (κ2) is 6.57. The summed E-state index contributed by atoms with van der Waals surface area (Å²) in [6.45, 7) is -0.109. The molecule has 0 fully saturated rings. The number of nitrogens with zero attached hydrogens (tertiary/aromatic N) is 1. The second-order valence-corrected chi connectivity index (χ2v) is 6.06. The number of hydrogen-bond acceptors (Lipinski definition) is 4. The van der Waals surface area contributed by atoms with Crippen molar-refractivity contribution in [2.24, 2.45) is 4.99 Å². The first-order valence-corrected chi connectivity index (χ1v) is 8.28. The van der Waals surface area contributed by atoms with Crippen LogP contribution in [0.5, 0.6) is 5.75 Å². The first-order valence-electron chi connectivity index (χ1n) is 8.28. The molecule has 1 atom stereocenters. The Bertz CT molecular complexity index is 926. The normalized spacial score (nSPS) is 15.8. The summed E-state index contributed by atoms with van der Waals surface area (Å²) in [5.41, 5.74) is 4.32. The number of aliphatic imine (C=N–C) groups is 1. The average Bonchev–Trinajstić information content (AvgIpc) is 3.27. The van der Waals surface area contributed by atoms with Gasteiger partial charge in [0.2, 0.25) is 0 Å². The van der Waals surface area contributed by atoms with Gasteiger partial charge in [0.1, 0.15) is 23.8 Å². The van der Waals surface area contributed by atoms with Crippen molar-refractivity contribution in [2.75, 3.05) is 7.11 Å². The Morgan fingerprint density at radius 3 is 2.76 bits per heavy atom. The summed E-state index contributed by atoms with van der Waals surface area (Å²) in [4.78, 5) is 4.93. The summed E-state index contributed by atoms with van der Waals surface area (Å²) in [5.74, 6) is 2.10. The van der Waals surface area contributed by atoms with Crippen LogP contribution in [-0.4, -0.2) is 17.9 Å². The zero-order valence-corrected chi connectivity index (χ0v) is 14.0. The molecule has 1 aliphatic rings. The van der Waals surface area contributed by atoms with Crippen molar-refractivity contribution in [2.45, 2.75) is 19.1 Å². The average molecular weight is 333 g/mol. The molecule has 25 heavy (non-hydrogen) atoms. The monoisotopic (exact) mass is 333 g/mol. The highest BCUT2D eigenvalue weighted by molar-refractivity contribution is 6.14. The summed E-state index contributed by atoms with van der Waals surface area (Å²) in [5, 5.41) is 9.24. The number of rotatable bonds is 5. The van der Waals surface area contributed by atoms with Crippen LogP contribution in [0.15, 0.2) is 70.1 Å². The summed E-state index contributed by atoms with van der Waals surface area (Å²) in [6.07, 6.45) is 0.797. The van der Waals surface area contributed by atoms with Crippen LogP contribution in [0, 0.1) is 0 Å². The van der Waals surface area contributed by atoms with Crippen LogP contribution >= 0.6 is 0 Å². The molecule has 0 amide bonds. The molecule has 4 heteroatoms. The Hall–Kier alpha value is -2.85. The van der Waals surface area contributed by atoms with Gasteiger partial charge >= 0.3 is 0 Å². The fraction of sp³-hybridized carbons (Fsp3) is 0.190. The fourth-order valence-corrected chi connectivity index (χ4v) is 3.26. The highest BCUT2D eigenvalue weighted by Crippen LogP contribution is 2.35. The molecule has 4 nitrogen and oxygen atoms in total. The molecule has 0 radical (unpaired) electrons. The molecule has 126 valence electrons. The lowest BCUT2D eigenvalue weighted by Gasteiger charge is -2.10. The van der Waals surface area contributed by atoms with E-state index in [0.717, 1.165) is 23.4 Å². The van der Waals surface area contributed by atoms with Crippen LogP contribution in [0.25, 0.3) is 0 Å². The van der Waals surface area contributed by atoms with Crippen molar-refractivity contribution in [1.82, 2.24) is 0 Å². The van der Waals surface area contributed by atoms with E-state index in [-0.39, 0.29) is 12.6 Å². The molecule has 1 N–H and O–H groups in total. The van der Waals surface area contributed by atoms with E-state index in [2.05, 4.69) is 18.2 Å². The van der Waals surface area contributed by atoms with Gasteiger partial charge in [-0.25, -0.2) is 0 Å². The minimum atomic E-state index is -0.109. The predicted octanol–water partition coefficient (Wildman–Crippen LogP) is 3.92. The third kappa shape index (κ3) is 2.96. The second-order valence-electron chi connectivity index (χ2n) is 6.06. The number of aliphatic hydroxyl groups is 1. The maximum atomic E-state index is 9.24. The molecule has 0 saturated heterocycles. The minimum absolute atomic E-state index is 0.0426. The molecule has 2 heterocycles. The van der Waals surface area contributed by atoms with Crippen LogP contribution < -0.4 is 4.74 Å². The largest absolute Gasteiger partial charge is 0.497 e. The van der Waals surface area contributed by atoms with Crippen molar-refractivity contribution < 1.29 is 14.3 Å². The number of furan rings is 1. The molecule has 2 aromatic carbocycles. The Morgan fingerprint density at radius 2 is 1.96 bits per heavy atom. The maximum absolute atomic E-state index is 9.24. The molecule has 0 bridgehead atoms. The lowest BCUT2D eigenvalue weighted by atomic mass is 9.96. The van der Waals surface area contributed by atoms with Crippen molar-refractivity contribution in [3.63, 3.8) is 0 Å². The van der Waals surface area contributed by atoms with Gasteiger partial charge in [0, 0.05) is 5.56 Å². The molecular weight excluding hydrogens is 314 g/mol. The quantitative estimate of drug-likeness (QED) is 0.770. The zero-order valence-electron chi connectivity index (χ0n) is 14.0. The first-order chi connectivity index (χ1) is 12.3. The standard InChI is InChI=1S/C21H19NO3/c1-24-15-6-4-5-14(11-15)12-19-17-7-2-3-8-18(17)21(22-19)20-10-9-16(13-23)25-20/h2-11,19,23H,12-13H2,1H3. The fourth-order valence-electron chi connectivity index (χ4n) is 3.26.